The fourth-order valence-corrected chi connectivity index (χ4v) is 2.49. The minimum Gasteiger partial charge on any atom is -0.506 e. The van der Waals surface area contributed by atoms with Crippen LogP contribution in [-0.4, -0.2) is 19.6 Å². The second-order valence-corrected chi connectivity index (χ2v) is 4.82. The van der Waals surface area contributed by atoms with E-state index in [1.807, 2.05) is 0 Å². The smallest absolute Gasteiger partial charge is 0.349 e. The third-order valence-corrected chi connectivity index (χ3v) is 3.53. The lowest BCUT2D eigenvalue weighted by Crippen LogP contribution is -2.04. The molecule has 3 aromatic heterocycles. The van der Waals surface area contributed by atoms with Crippen molar-refractivity contribution < 1.29 is 14.6 Å². The van der Waals surface area contributed by atoms with Crippen molar-refractivity contribution in [3.8, 4) is 22.9 Å². The van der Waals surface area contributed by atoms with Crippen LogP contribution in [0, 0.1) is 0 Å². The molecule has 108 valence electrons. The van der Waals surface area contributed by atoms with Crippen LogP contribution in [-0.2, 0) is 0 Å². The minimum absolute atomic E-state index is 0.0109. The van der Waals surface area contributed by atoms with Crippen molar-refractivity contribution in [1.29, 1.82) is 0 Å². The number of imidazole rings is 1. The highest BCUT2D eigenvalue weighted by Crippen LogP contribution is 2.36. The fourth-order valence-electron chi connectivity index (χ4n) is 2.49. The van der Waals surface area contributed by atoms with Crippen LogP contribution in [0.25, 0.3) is 27.9 Å². The highest BCUT2D eigenvalue weighted by atomic mass is 16.4. The Bertz CT molecular complexity index is 1080. The van der Waals surface area contributed by atoms with Crippen LogP contribution in [0.15, 0.2) is 57.9 Å². The molecule has 1 aromatic carbocycles. The summed E-state index contributed by atoms with van der Waals surface area (Å²) in [5, 5.41) is 21.1. The monoisotopic (exact) mass is 294 g/mol. The fraction of sp³-hybridized carbons (Fsp3) is 0. The van der Waals surface area contributed by atoms with Gasteiger partial charge in [-0.1, -0.05) is 18.2 Å². The molecule has 0 amide bonds. The van der Waals surface area contributed by atoms with Gasteiger partial charge in [0.05, 0.1) is 5.39 Å². The van der Waals surface area contributed by atoms with Crippen molar-refractivity contribution in [3.05, 3.63) is 59.1 Å². The molecule has 6 nitrogen and oxygen atoms in total. The Morgan fingerprint density at radius 2 is 1.82 bits per heavy atom. The Morgan fingerprint density at radius 3 is 2.64 bits per heavy atom. The Balaban J connectivity index is 2.12. The van der Waals surface area contributed by atoms with E-state index in [0.29, 0.717) is 11.0 Å². The number of para-hydroxylation sites is 1. The zero-order valence-electron chi connectivity index (χ0n) is 11.2. The Hall–Kier alpha value is -3.28. The molecule has 0 fully saturated rings. The molecule has 22 heavy (non-hydrogen) atoms. The first-order valence-electron chi connectivity index (χ1n) is 6.58. The van der Waals surface area contributed by atoms with Crippen LogP contribution in [0.5, 0.6) is 11.6 Å². The SMILES string of the molecule is O=c1oc2ccccc2c(O)c1-c1nc2ccccn2c1O. The molecule has 0 radical (unpaired) electrons. The Labute approximate surface area is 123 Å². The Kier molecular flexibility index (Phi) is 2.47. The lowest BCUT2D eigenvalue weighted by molar-refractivity contribution is 0.446. The highest BCUT2D eigenvalue weighted by molar-refractivity contribution is 5.90. The number of nitrogens with zero attached hydrogens (tertiary/aromatic N) is 2. The van der Waals surface area contributed by atoms with Gasteiger partial charge in [-0.15, -0.1) is 0 Å². The van der Waals surface area contributed by atoms with Crippen molar-refractivity contribution in [2.24, 2.45) is 0 Å². The molecule has 0 aliphatic heterocycles. The average molecular weight is 294 g/mol. The summed E-state index contributed by atoms with van der Waals surface area (Å²) in [7, 11) is 0. The molecule has 6 heteroatoms. The number of aromatic nitrogens is 2. The summed E-state index contributed by atoms with van der Waals surface area (Å²) in [6.07, 6.45) is 1.61. The number of rotatable bonds is 1. The van der Waals surface area contributed by atoms with Crippen LogP contribution in [0.1, 0.15) is 0 Å². The molecule has 4 rings (SSSR count). The summed E-state index contributed by atoms with van der Waals surface area (Å²) in [4.78, 5) is 16.4. The number of hydrogen-bond donors (Lipinski definition) is 2. The van der Waals surface area contributed by atoms with Crippen LogP contribution in [0.4, 0.5) is 0 Å². The summed E-state index contributed by atoms with van der Waals surface area (Å²) in [5.41, 5.74) is -0.183. The first kappa shape index (κ1) is 12.5. The van der Waals surface area contributed by atoms with Gasteiger partial charge in [-0.25, -0.2) is 9.78 Å². The summed E-state index contributed by atoms with van der Waals surface area (Å²) < 4.78 is 6.62. The second kappa shape index (κ2) is 4.36. The number of aromatic hydroxyl groups is 2. The molecule has 2 N–H and O–H groups in total. The van der Waals surface area contributed by atoms with E-state index in [2.05, 4.69) is 4.98 Å². The van der Waals surface area contributed by atoms with Gasteiger partial charge in [0.25, 0.3) is 0 Å². The molecule has 0 unspecified atom stereocenters. The van der Waals surface area contributed by atoms with E-state index in [4.69, 9.17) is 4.42 Å². The van der Waals surface area contributed by atoms with Crippen molar-refractivity contribution in [2.45, 2.75) is 0 Å². The third-order valence-electron chi connectivity index (χ3n) is 3.53. The minimum atomic E-state index is -0.755. The van der Waals surface area contributed by atoms with Gasteiger partial charge in [-0.3, -0.25) is 4.40 Å². The van der Waals surface area contributed by atoms with Crippen LogP contribution < -0.4 is 5.63 Å². The van der Waals surface area contributed by atoms with E-state index in [-0.39, 0.29) is 28.5 Å². The number of fused-ring (bicyclic) bond motifs is 2. The zero-order chi connectivity index (χ0) is 15.3. The third kappa shape index (κ3) is 1.61. The number of pyridine rings is 1. The maximum atomic E-state index is 12.2. The molecule has 0 saturated carbocycles. The number of hydrogen-bond acceptors (Lipinski definition) is 5. The second-order valence-electron chi connectivity index (χ2n) is 4.82. The molecular formula is C16H10N2O4. The van der Waals surface area contributed by atoms with E-state index < -0.39 is 5.63 Å². The standard InChI is InChI=1S/C16H10N2O4/c19-14-9-5-1-2-6-10(9)22-16(21)12(14)13-15(20)18-8-4-3-7-11(18)17-13/h1-8,19-20H. The lowest BCUT2D eigenvalue weighted by atomic mass is 10.1. The number of benzene rings is 1. The van der Waals surface area contributed by atoms with Crippen LogP contribution in [0.2, 0.25) is 0 Å². The maximum absolute atomic E-state index is 12.2. The van der Waals surface area contributed by atoms with Gasteiger partial charge in [-0.05, 0) is 24.3 Å². The van der Waals surface area contributed by atoms with Crippen LogP contribution in [0.3, 0.4) is 0 Å². The highest BCUT2D eigenvalue weighted by Gasteiger charge is 2.22. The molecule has 0 aliphatic carbocycles. The average Bonchev–Trinajstić information content (AvgIpc) is 2.85. The van der Waals surface area contributed by atoms with Gasteiger partial charge in [0.1, 0.15) is 28.2 Å². The molecule has 0 spiro atoms. The van der Waals surface area contributed by atoms with Gasteiger partial charge in [0, 0.05) is 6.20 Å². The van der Waals surface area contributed by atoms with Gasteiger partial charge in [-0.2, -0.15) is 0 Å². The molecule has 0 atom stereocenters. The van der Waals surface area contributed by atoms with Gasteiger partial charge < -0.3 is 14.6 Å². The maximum Gasteiger partial charge on any atom is 0.349 e. The molecule has 0 bridgehead atoms. The van der Waals surface area contributed by atoms with E-state index in [0.717, 1.165) is 0 Å². The van der Waals surface area contributed by atoms with Gasteiger partial charge in [0.15, 0.2) is 0 Å². The summed E-state index contributed by atoms with van der Waals surface area (Å²) >= 11 is 0. The largest absolute Gasteiger partial charge is 0.506 e. The van der Waals surface area contributed by atoms with Crippen molar-refractivity contribution in [1.82, 2.24) is 9.38 Å². The Morgan fingerprint density at radius 1 is 1.05 bits per heavy atom. The van der Waals surface area contributed by atoms with E-state index in [9.17, 15) is 15.0 Å². The predicted molar refractivity (Wildman–Crippen MR) is 80.0 cm³/mol. The van der Waals surface area contributed by atoms with E-state index in [1.165, 1.54) is 4.40 Å². The van der Waals surface area contributed by atoms with Gasteiger partial charge >= 0.3 is 5.63 Å². The first-order valence-corrected chi connectivity index (χ1v) is 6.58. The molecular weight excluding hydrogens is 284 g/mol. The van der Waals surface area contributed by atoms with Crippen LogP contribution >= 0.6 is 0 Å². The summed E-state index contributed by atoms with van der Waals surface area (Å²) in [5.74, 6) is -0.487. The van der Waals surface area contributed by atoms with E-state index >= 15 is 0 Å². The zero-order valence-corrected chi connectivity index (χ0v) is 11.2. The molecule has 0 aliphatic rings. The van der Waals surface area contributed by atoms with Gasteiger partial charge in [0.2, 0.25) is 5.88 Å². The quantitative estimate of drug-likeness (QED) is 0.527. The topological polar surface area (TPSA) is 88.0 Å². The first-order chi connectivity index (χ1) is 10.7. The van der Waals surface area contributed by atoms with Crippen molar-refractivity contribution in [3.63, 3.8) is 0 Å². The lowest BCUT2D eigenvalue weighted by Gasteiger charge is -2.04. The normalized spacial score (nSPS) is 11.3. The molecule has 0 saturated heterocycles. The summed E-state index contributed by atoms with van der Waals surface area (Å²) in [6.45, 7) is 0. The van der Waals surface area contributed by atoms with Crippen molar-refractivity contribution >= 4 is 16.6 Å². The molecule has 3 heterocycles. The predicted octanol–water partition coefficient (Wildman–Crippen LogP) is 2.52. The van der Waals surface area contributed by atoms with Crippen molar-refractivity contribution in [2.75, 3.05) is 0 Å². The molecule has 4 aromatic rings. The summed E-state index contributed by atoms with van der Waals surface area (Å²) in [6, 6.07) is 11.8. The van der Waals surface area contributed by atoms with E-state index in [1.54, 1.807) is 48.7 Å².